The number of alkyl halides is 3. The van der Waals surface area contributed by atoms with Crippen molar-refractivity contribution in [3.05, 3.63) is 59.2 Å². The van der Waals surface area contributed by atoms with E-state index in [1.54, 1.807) is 18.2 Å². The molecule has 0 amide bonds. The summed E-state index contributed by atoms with van der Waals surface area (Å²) in [6.45, 7) is 2.45. The Morgan fingerprint density at radius 1 is 1.08 bits per heavy atom. The number of hydrogen-bond acceptors (Lipinski definition) is 4. The maximum atomic E-state index is 12.8. The number of ether oxygens (including phenoxy) is 2. The zero-order chi connectivity index (χ0) is 19.2. The Kier molecular flexibility index (Phi) is 6.88. The predicted octanol–water partition coefficient (Wildman–Crippen LogP) is 3.76. The number of methoxy groups -OCH3 is 1. The predicted molar refractivity (Wildman–Crippen MR) is 92.2 cm³/mol. The van der Waals surface area contributed by atoms with Gasteiger partial charge in [0.1, 0.15) is 6.61 Å². The van der Waals surface area contributed by atoms with E-state index < -0.39 is 11.7 Å². The fourth-order valence-corrected chi connectivity index (χ4v) is 2.30. The van der Waals surface area contributed by atoms with E-state index >= 15 is 0 Å². The van der Waals surface area contributed by atoms with Crippen LogP contribution < -0.4 is 14.8 Å². The van der Waals surface area contributed by atoms with Gasteiger partial charge in [0.25, 0.3) is 0 Å². The molecule has 142 valence electrons. The molecule has 0 aliphatic heterocycles. The summed E-state index contributed by atoms with van der Waals surface area (Å²) in [5, 5.41) is 12.2. The van der Waals surface area contributed by atoms with Crippen molar-refractivity contribution in [2.45, 2.75) is 32.3 Å². The quantitative estimate of drug-likeness (QED) is 0.744. The second-order valence-electron chi connectivity index (χ2n) is 5.94. The molecule has 4 nitrogen and oxygen atoms in total. The van der Waals surface area contributed by atoms with Gasteiger partial charge in [-0.25, -0.2) is 0 Å². The van der Waals surface area contributed by atoms with Gasteiger partial charge in [-0.1, -0.05) is 18.2 Å². The van der Waals surface area contributed by atoms with Gasteiger partial charge in [0.2, 0.25) is 0 Å². The van der Waals surface area contributed by atoms with E-state index in [9.17, 15) is 13.2 Å². The monoisotopic (exact) mass is 369 g/mol. The smallest absolute Gasteiger partial charge is 0.416 e. The largest absolute Gasteiger partial charge is 0.493 e. The van der Waals surface area contributed by atoms with Crippen molar-refractivity contribution in [2.75, 3.05) is 13.7 Å². The van der Waals surface area contributed by atoms with Crippen molar-refractivity contribution in [3.63, 3.8) is 0 Å². The van der Waals surface area contributed by atoms with Gasteiger partial charge >= 0.3 is 6.18 Å². The molecular weight excluding hydrogens is 347 g/mol. The lowest BCUT2D eigenvalue weighted by atomic mass is 10.1. The van der Waals surface area contributed by atoms with E-state index in [-0.39, 0.29) is 19.3 Å². The Labute approximate surface area is 150 Å². The summed E-state index contributed by atoms with van der Waals surface area (Å²) >= 11 is 0. The van der Waals surface area contributed by atoms with Crippen LogP contribution in [-0.4, -0.2) is 24.9 Å². The molecule has 2 N–H and O–H groups in total. The van der Waals surface area contributed by atoms with Gasteiger partial charge in [-0.05, 0) is 42.3 Å². The minimum Gasteiger partial charge on any atom is -0.493 e. The molecule has 2 aromatic carbocycles. The number of rotatable bonds is 8. The van der Waals surface area contributed by atoms with Crippen LogP contribution in [-0.2, 0) is 19.3 Å². The van der Waals surface area contributed by atoms with Gasteiger partial charge in [0.15, 0.2) is 11.5 Å². The highest BCUT2D eigenvalue weighted by atomic mass is 19.4. The summed E-state index contributed by atoms with van der Waals surface area (Å²) < 4.78 is 49.2. The molecule has 0 spiro atoms. The lowest BCUT2D eigenvalue weighted by Crippen LogP contribution is -2.28. The molecule has 26 heavy (non-hydrogen) atoms. The van der Waals surface area contributed by atoms with Gasteiger partial charge < -0.3 is 19.9 Å². The number of aliphatic hydroxyl groups excluding tert-OH is 1. The number of halogens is 3. The zero-order valence-corrected chi connectivity index (χ0v) is 14.6. The molecule has 1 atom stereocenters. The van der Waals surface area contributed by atoms with Crippen molar-refractivity contribution >= 4 is 0 Å². The average molecular weight is 369 g/mol. The van der Waals surface area contributed by atoms with Crippen molar-refractivity contribution in [1.82, 2.24) is 5.32 Å². The molecule has 0 heterocycles. The van der Waals surface area contributed by atoms with Crippen LogP contribution in [0.3, 0.4) is 0 Å². The number of nitrogens with one attached hydrogen (secondary N) is 1. The maximum Gasteiger partial charge on any atom is 0.416 e. The van der Waals surface area contributed by atoms with Gasteiger partial charge in [0.05, 0.1) is 19.3 Å². The van der Waals surface area contributed by atoms with Crippen molar-refractivity contribution < 1.29 is 27.8 Å². The van der Waals surface area contributed by atoms with Crippen LogP contribution in [0, 0.1) is 0 Å². The van der Waals surface area contributed by atoms with Crippen LogP contribution in [0.25, 0.3) is 0 Å². The standard InChI is InChI=1S/C19H22F3NO3/c1-13(11-24)23-10-14-6-7-17(18(9-14)25-2)26-12-15-4-3-5-16(8-15)19(20,21)22/h3-9,13,23-24H,10-12H2,1-2H3/t13-/m1/s1. The van der Waals surface area contributed by atoms with Crippen LogP contribution >= 0.6 is 0 Å². The topological polar surface area (TPSA) is 50.7 Å². The minimum atomic E-state index is -4.38. The number of hydrogen-bond donors (Lipinski definition) is 2. The second-order valence-corrected chi connectivity index (χ2v) is 5.94. The SMILES string of the molecule is COc1cc(CN[C@H](C)CO)ccc1OCc1cccc(C(F)(F)F)c1. The van der Waals surface area contributed by atoms with E-state index in [4.69, 9.17) is 14.6 Å². The van der Waals surface area contributed by atoms with E-state index in [0.29, 0.717) is 23.6 Å². The minimum absolute atomic E-state index is 0.000572. The summed E-state index contributed by atoms with van der Waals surface area (Å²) in [4.78, 5) is 0. The molecule has 0 aliphatic carbocycles. The third-order valence-electron chi connectivity index (χ3n) is 3.81. The molecule has 0 radical (unpaired) electrons. The molecule has 0 aliphatic rings. The normalized spacial score (nSPS) is 12.7. The maximum absolute atomic E-state index is 12.8. The van der Waals surface area contributed by atoms with Crippen LogP contribution in [0.15, 0.2) is 42.5 Å². The second kappa shape index (κ2) is 8.91. The summed E-state index contributed by atoms with van der Waals surface area (Å²) in [5.41, 5.74) is 0.656. The van der Waals surface area contributed by atoms with Crippen LogP contribution in [0.5, 0.6) is 11.5 Å². The molecule has 2 aromatic rings. The van der Waals surface area contributed by atoms with E-state index in [2.05, 4.69) is 5.32 Å². The van der Waals surface area contributed by atoms with Crippen molar-refractivity contribution in [2.24, 2.45) is 0 Å². The highest BCUT2D eigenvalue weighted by molar-refractivity contribution is 5.43. The first-order valence-electron chi connectivity index (χ1n) is 8.13. The first-order valence-corrected chi connectivity index (χ1v) is 8.13. The molecular formula is C19H22F3NO3. The summed E-state index contributed by atoms with van der Waals surface area (Å²) in [6.07, 6.45) is -4.38. The highest BCUT2D eigenvalue weighted by Gasteiger charge is 2.30. The van der Waals surface area contributed by atoms with Crippen molar-refractivity contribution in [3.8, 4) is 11.5 Å². The first-order chi connectivity index (χ1) is 12.3. The highest BCUT2D eigenvalue weighted by Crippen LogP contribution is 2.31. The summed E-state index contributed by atoms with van der Waals surface area (Å²) in [7, 11) is 1.50. The Hall–Kier alpha value is -2.25. The van der Waals surface area contributed by atoms with Crippen LogP contribution in [0.2, 0.25) is 0 Å². The molecule has 2 rings (SSSR count). The summed E-state index contributed by atoms with van der Waals surface area (Å²) in [5.74, 6) is 0.941. The van der Waals surface area contributed by atoms with E-state index in [1.165, 1.54) is 13.2 Å². The Morgan fingerprint density at radius 2 is 1.85 bits per heavy atom. The lowest BCUT2D eigenvalue weighted by molar-refractivity contribution is -0.137. The van der Waals surface area contributed by atoms with Gasteiger partial charge in [-0.3, -0.25) is 0 Å². The molecule has 7 heteroatoms. The third-order valence-corrected chi connectivity index (χ3v) is 3.81. The Bertz CT molecular complexity index is 719. The Morgan fingerprint density at radius 3 is 2.50 bits per heavy atom. The molecule has 0 saturated carbocycles. The third kappa shape index (κ3) is 5.64. The zero-order valence-electron chi connectivity index (χ0n) is 14.6. The fraction of sp³-hybridized carbons (Fsp3) is 0.368. The van der Waals surface area contributed by atoms with Gasteiger partial charge in [-0.2, -0.15) is 13.2 Å². The fourth-order valence-electron chi connectivity index (χ4n) is 2.30. The van der Waals surface area contributed by atoms with Crippen LogP contribution in [0.1, 0.15) is 23.6 Å². The van der Waals surface area contributed by atoms with Crippen molar-refractivity contribution in [1.29, 1.82) is 0 Å². The van der Waals surface area contributed by atoms with E-state index in [0.717, 1.165) is 17.7 Å². The molecule has 0 bridgehead atoms. The Balaban J connectivity index is 2.05. The van der Waals surface area contributed by atoms with E-state index in [1.807, 2.05) is 13.0 Å². The molecule has 0 unspecified atom stereocenters. The van der Waals surface area contributed by atoms with Crippen LogP contribution in [0.4, 0.5) is 13.2 Å². The molecule has 0 aromatic heterocycles. The number of aliphatic hydroxyl groups is 1. The molecule has 0 saturated heterocycles. The van der Waals surface area contributed by atoms with Gasteiger partial charge in [-0.15, -0.1) is 0 Å². The van der Waals surface area contributed by atoms with Gasteiger partial charge in [0, 0.05) is 12.6 Å². The number of benzene rings is 2. The first kappa shape index (κ1) is 20.1. The lowest BCUT2D eigenvalue weighted by Gasteiger charge is -2.15. The molecule has 0 fully saturated rings. The average Bonchev–Trinajstić information content (AvgIpc) is 2.64. The summed E-state index contributed by atoms with van der Waals surface area (Å²) in [6, 6.07) is 10.3.